The van der Waals surface area contributed by atoms with Crippen LogP contribution in [0.25, 0.3) is 0 Å². The lowest BCUT2D eigenvalue weighted by Gasteiger charge is -2.21. The van der Waals surface area contributed by atoms with Crippen molar-refractivity contribution < 1.29 is 14.3 Å². The van der Waals surface area contributed by atoms with Crippen LogP contribution in [-0.4, -0.2) is 23.5 Å². The second-order valence-corrected chi connectivity index (χ2v) is 5.83. The van der Waals surface area contributed by atoms with Gasteiger partial charge in [-0.3, -0.25) is 9.59 Å². The van der Waals surface area contributed by atoms with Crippen molar-refractivity contribution in [3.05, 3.63) is 0 Å². The molecule has 0 saturated carbocycles. The third kappa shape index (κ3) is 5.20. The molecule has 0 aliphatic carbocycles. The van der Waals surface area contributed by atoms with E-state index in [1.165, 1.54) is 0 Å². The van der Waals surface area contributed by atoms with Crippen molar-refractivity contribution in [2.45, 2.75) is 65.0 Å². The average Bonchev–Trinajstić information content (AvgIpc) is 2.25. The van der Waals surface area contributed by atoms with Gasteiger partial charge in [0.2, 0.25) is 5.91 Å². The molecule has 0 bridgehead atoms. The molecule has 0 radical (unpaired) electrons. The summed E-state index contributed by atoms with van der Waals surface area (Å²) in [7, 11) is 0. The minimum absolute atomic E-state index is 0.0131. The van der Waals surface area contributed by atoms with Gasteiger partial charge in [0.05, 0.1) is 6.42 Å². The molecule has 1 aliphatic rings. The first-order chi connectivity index (χ1) is 7.78. The van der Waals surface area contributed by atoms with Gasteiger partial charge in [0.15, 0.2) is 0 Å². The van der Waals surface area contributed by atoms with Crippen molar-refractivity contribution in [2.24, 2.45) is 5.92 Å². The molecular weight excluding hydrogens is 218 g/mol. The summed E-state index contributed by atoms with van der Waals surface area (Å²) in [5.74, 6) is -0.525. The van der Waals surface area contributed by atoms with Crippen molar-refractivity contribution >= 4 is 11.9 Å². The lowest BCUT2D eigenvalue weighted by Crippen LogP contribution is -2.36. The van der Waals surface area contributed by atoms with E-state index in [4.69, 9.17) is 4.74 Å². The van der Waals surface area contributed by atoms with E-state index >= 15 is 0 Å². The molecule has 0 aromatic rings. The molecule has 1 rings (SSSR count). The normalized spacial score (nSPS) is 26.0. The van der Waals surface area contributed by atoms with E-state index < -0.39 is 5.60 Å². The van der Waals surface area contributed by atoms with Crippen LogP contribution >= 0.6 is 0 Å². The highest BCUT2D eigenvalue weighted by molar-refractivity contribution is 5.84. The fraction of sp³-hybridized carbons (Fsp3) is 0.846. The van der Waals surface area contributed by atoms with Gasteiger partial charge in [0.25, 0.3) is 0 Å². The fourth-order valence-corrected chi connectivity index (χ4v) is 2.01. The molecule has 4 heteroatoms. The van der Waals surface area contributed by atoms with Crippen molar-refractivity contribution in [2.75, 3.05) is 0 Å². The Morgan fingerprint density at radius 1 is 1.41 bits per heavy atom. The molecule has 1 fully saturated rings. The summed E-state index contributed by atoms with van der Waals surface area (Å²) in [6.07, 6.45) is 2.93. The molecule has 0 unspecified atom stereocenters. The predicted molar refractivity (Wildman–Crippen MR) is 65.4 cm³/mol. The first-order valence-electron chi connectivity index (χ1n) is 6.30. The van der Waals surface area contributed by atoms with Crippen LogP contribution in [0.4, 0.5) is 0 Å². The van der Waals surface area contributed by atoms with E-state index in [9.17, 15) is 9.59 Å². The summed E-state index contributed by atoms with van der Waals surface area (Å²) < 4.78 is 5.24. The van der Waals surface area contributed by atoms with E-state index in [0.29, 0.717) is 0 Å². The van der Waals surface area contributed by atoms with Crippen LogP contribution in [-0.2, 0) is 14.3 Å². The Bertz CT molecular complexity index is 294. The summed E-state index contributed by atoms with van der Waals surface area (Å²) >= 11 is 0. The number of amides is 1. The largest absolute Gasteiger partial charge is 0.460 e. The van der Waals surface area contributed by atoms with Crippen LogP contribution in [0.1, 0.15) is 53.4 Å². The van der Waals surface area contributed by atoms with Gasteiger partial charge in [-0.2, -0.15) is 0 Å². The smallest absolute Gasteiger partial charge is 0.307 e. The number of hydrogen-bond acceptors (Lipinski definition) is 3. The summed E-state index contributed by atoms with van der Waals surface area (Å²) in [5.41, 5.74) is -0.481. The number of carbonyl (C=O) groups is 2. The Morgan fingerprint density at radius 2 is 2.06 bits per heavy atom. The van der Waals surface area contributed by atoms with Crippen LogP contribution in [0.2, 0.25) is 0 Å². The second kappa shape index (κ2) is 5.52. The summed E-state index contributed by atoms with van der Waals surface area (Å²) in [6.45, 7) is 7.49. The zero-order valence-corrected chi connectivity index (χ0v) is 11.2. The van der Waals surface area contributed by atoms with E-state index in [1.54, 1.807) is 0 Å². The maximum atomic E-state index is 11.8. The molecular formula is C13H23NO3. The lowest BCUT2D eigenvalue weighted by molar-refractivity contribution is -0.157. The van der Waals surface area contributed by atoms with Gasteiger partial charge in [-0.1, -0.05) is 6.42 Å². The van der Waals surface area contributed by atoms with Crippen LogP contribution in [0.3, 0.4) is 0 Å². The first-order valence-corrected chi connectivity index (χ1v) is 6.30. The maximum absolute atomic E-state index is 11.8. The number of carbonyl (C=O) groups excluding carboxylic acids is 2. The molecule has 1 saturated heterocycles. The van der Waals surface area contributed by atoms with Crippen molar-refractivity contribution in [3.63, 3.8) is 0 Å². The van der Waals surface area contributed by atoms with E-state index in [1.807, 2.05) is 27.7 Å². The van der Waals surface area contributed by atoms with Gasteiger partial charge in [0.1, 0.15) is 5.60 Å². The molecule has 0 spiro atoms. The van der Waals surface area contributed by atoms with E-state index in [2.05, 4.69) is 5.32 Å². The molecule has 2 atom stereocenters. The zero-order valence-electron chi connectivity index (χ0n) is 11.2. The molecule has 0 aromatic carbocycles. The SMILES string of the molecule is C[C@H]1CCC[C@@H](CC(=O)OC(C)(C)C)C(=O)N1. The standard InChI is InChI=1S/C13H23NO3/c1-9-6-5-7-10(12(16)14-9)8-11(15)17-13(2,3)4/h9-10H,5-8H2,1-4H3,(H,14,16)/t9-,10-/m0/s1. The minimum atomic E-state index is -0.481. The topological polar surface area (TPSA) is 55.4 Å². The molecule has 1 N–H and O–H groups in total. The van der Waals surface area contributed by atoms with Gasteiger partial charge in [-0.15, -0.1) is 0 Å². The molecule has 1 aliphatic heterocycles. The highest BCUT2D eigenvalue weighted by Crippen LogP contribution is 2.20. The van der Waals surface area contributed by atoms with Crippen LogP contribution in [0, 0.1) is 5.92 Å². The number of ether oxygens (including phenoxy) is 1. The van der Waals surface area contributed by atoms with Crippen molar-refractivity contribution in [1.82, 2.24) is 5.32 Å². The predicted octanol–water partition coefficient (Wildman–Crippen LogP) is 2.02. The van der Waals surface area contributed by atoms with Gasteiger partial charge in [-0.25, -0.2) is 0 Å². The first kappa shape index (κ1) is 14.0. The van der Waals surface area contributed by atoms with Crippen molar-refractivity contribution in [3.8, 4) is 0 Å². The van der Waals surface area contributed by atoms with Crippen LogP contribution in [0.15, 0.2) is 0 Å². The maximum Gasteiger partial charge on any atom is 0.307 e. The van der Waals surface area contributed by atoms with Gasteiger partial charge in [-0.05, 0) is 40.5 Å². The number of esters is 1. The molecule has 1 heterocycles. The number of hydrogen-bond donors (Lipinski definition) is 1. The highest BCUT2D eigenvalue weighted by atomic mass is 16.6. The third-order valence-corrected chi connectivity index (χ3v) is 2.78. The lowest BCUT2D eigenvalue weighted by atomic mass is 9.99. The van der Waals surface area contributed by atoms with Gasteiger partial charge < -0.3 is 10.1 Å². The zero-order chi connectivity index (χ0) is 13.1. The molecule has 0 aromatic heterocycles. The molecule has 4 nitrogen and oxygen atoms in total. The second-order valence-electron chi connectivity index (χ2n) is 5.83. The molecule has 98 valence electrons. The Morgan fingerprint density at radius 3 is 2.65 bits per heavy atom. The van der Waals surface area contributed by atoms with E-state index in [-0.39, 0.29) is 30.3 Å². The fourth-order valence-electron chi connectivity index (χ4n) is 2.01. The minimum Gasteiger partial charge on any atom is -0.460 e. The van der Waals surface area contributed by atoms with Crippen LogP contribution in [0.5, 0.6) is 0 Å². The Kier molecular flexibility index (Phi) is 4.54. The van der Waals surface area contributed by atoms with Gasteiger partial charge >= 0.3 is 5.97 Å². The van der Waals surface area contributed by atoms with Gasteiger partial charge in [0, 0.05) is 12.0 Å². The van der Waals surface area contributed by atoms with E-state index in [0.717, 1.165) is 19.3 Å². The third-order valence-electron chi connectivity index (χ3n) is 2.78. The summed E-state index contributed by atoms with van der Waals surface area (Å²) in [4.78, 5) is 23.5. The summed E-state index contributed by atoms with van der Waals surface area (Å²) in [5, 5.41) is 2.91. The van der Waals surface area contributed by atoms with Crippen molar-refractivity contribution in [1.29, 1.82) is 0 Å². The highest BCUT2D eigenvalue weighted by Gasteiger charge is 2.27. The Hall–Kier alpha value is -1.06. The quantitative estimate of drug-likeness (QED) is 0.752. The summed E-state index contributed by atoms with van der Waals surface area (Å²) in [6, 6.07) is 0.214. The monoisotopic (exact) mass is 241 g/mol. The number of nitrogens with one attached hydrogen (secondary N) is 1. The number of rotatable bonds is 2. The van der Waals surface area contributed by atoms with Crippen LogP contribution < -0.4 is 5.32 Å². The average molecular weight is 241 g/mol. The Labute approximate surface area is 103 Å². The molecule has 17 heavy (non-hydrogen) atoms. The Balaban J connectivity index is 2.50. The molecule has 1 amide bonds.